The molecule has 3 aromatic heterocycles. The quantitative estimate of drug-likeness (QED) is 0.478. The number of H-pyrrole nitrogens is 1. The fourth-order valence-corrected chi connectivity index (χ4v) is 2.23. The van der Waals surface area contributed by atoms with E-state index in [2.05, 4.69) is 20.1 Å². The lowest BCUT2D eigenvalue weighted by Gasteiger charge is -1.96. The van der Waals surface area contributed by atoms with Gasteiger partial charge in [-0.05, 0) is 18.2 Å². The van der Waals surface area contributed by atoms with Crippen LogP contribution in [0.25, 0.3) is 27.9 Å². The van der Waals surface area contributed by atoms with Crippen molar-refractivity contribution in [1.82, 2.24) is 24.6 Å². The summed E-state index contributed by atoms with van der Waals surface area (Å²) in [7, 11) is -3.67. The third-order valence-corrected chi connectivity index (χ3v) is 3.22. The zero-order chi connectivity index (χ0) is 18.9. The first-order chi connectivity index (χ1) is 12.2. The van der Waals surface area contributed by atoms with Crippen LogP contribution in [0.5, 0.6) is 0 Å². The summed E-state index contributed by atoms with van der Waals surface area (Å²) < 4.78 is 40.8. The summed E-state index contributed by atoms with van der Waals surface area (Å²) in [5.41, 5.74) is 0.770. The van der Waals surface area contributed by atoms with Crippen molar-refractivity contribution >= 4 is 26.7 Å². The van der Waals surface area contributed by atoms with Gasteiger partial charge in [0.15, 0.2) is 11.5 Å². The molecule has 0 aliphatic carbocycles. The van der Waals surface area contributed by atoms with Crippen molar-refractivity contribution in [3.8, 4) is 11.4 Å². The maximum Gasteiger partial charge on any atom is 0.348 e. The van der Waals surface area contributed by atoms with E-state index in [1.807, 2.05) is 0 Å². The minimum atomic E-state index is -3.67. The minimum absolute atomic E-state index is 0.162. The molecule has 0 saturated heterocycles. The number of aromatic amines is 1. The third kappa shape index (κ3) is 3.73. The van der Waals surface area contributed by atoms with Crippen LogP contribution in [0.3, 0.4) is 0 Å². The molecule has 0 spiro atoms. The second-order valence-corrected chi connectivity index (χ2v) is 6.70. The van der Waals surface area contributed by atoms with Gasteiger partial charge in [0.1, 0.15) is 5.82 Å². The van der Waals surface area contributed by atoms with Crippen LogP contribution in [0.4, 0.5) is 4.39 Å². The highest BCUT2D eigenvalue weighted by Gasteiger charge is 2.14. The average molecular weight is 377 g/mol. The lowest BCUT2D eigenvalue weighted by Crippen LogP contribution is -2.17. The molecule has 0 atom stereocenters. The van der Waals surface area contributed by atoms with Crippen LogP contribution < -0.4 is 5.69 Å². The number of pyridine rings is 1. The van der Waals surface area contributed by atoms with Crippen LogP contribution in [-0.2, 0) is 10.1 Å². The molecule has 3 heterocycles. The maximum absolute atomic E-state index is 13.8. The zero-order valence-corrected chi connectivity index (χ0v) is 14.1. The van der Waals surface area contributed by atoms with Crippen LogP contribution in [0.15, 0.2) is 47.5 Å². The van der Waals surface area contributed by atoms with Gasteiger partial charge in [0, 0.05) is 12.4 Å². The Bertz CT molecular complexity index is 1260. The SMILES string of the molecule is CS(=O)(=O)O.O=c1[nH]c2ccncc2c2nc(-c3ccccc3F)nn12. The van der Waals surface area contributed by atoms with Gasteiger partial charge < -0.3 is 4.98 Å². The van der Waals surface area contributed by atoms with Crippen LogP contribution >= 0.6 is 0 Å². The molecule has 134 valence electrons. The highest BCUT2D eigenvalue weighted by atomic mass is 32.2. The first-order valence-electron chi connectivity index (χ1n) is 7.14. The number of benzene rings is 1. The summed E-state index contributed by atoms with van der Waals surface area (Å²) in [6.07, 6.45) is 3.87. The summed E-state index contributed by atoms with van der Waals surface area (Å²) >= 11 is 0. The minimum Gasteiger partial charge on any atom is -0.305 e. The molecule has 0 aliphatic rings. The summed E-state index contributed by atoms with van der Waals surface area (Å²) in [4.78, 5) is 23.0. The predicted molar refractivity (Wildman–Crippen MR) is 91.8 cm³/mol. The second kappa shape index (κ2) is 6.61. The zero-order valence-electron chi connectivity index (χ0n) is 13.3. The second-order valence-electron chi connectivity index (χ2n) is 5.24. The van der Waals surface area contributed by atoms with E-state index >= 15 is 0 Å². The Labute approximate surface area is 145 Å². The Morgan fingerprint density at radius 1 is 1.23 bits per heavy atom. The smallest absolute Gasteiger partial charge is 0.305 e. The Morgan fingerprint density at radius 2 is 1.92 bits per heavy atom. The Kier molecular flexibility index (Phi) is 4.49. The highest BCUT2D eigenvalue weighted by Crippen LogP contribution is 2.21. The molecule has 0 unspecified atom stereocenters. The number of fused-ring (bicyclic) bond motifs is 3. The molecule has 4 rings (SSSR count). The molecule has 0 amide bonds. The number of nitrogens with one attached hydrogen (secondary N) is 1. The summed E-state index contributed by atoms with van der Waals surface area (Å²) in [5.74, 6) is -0.276. The van der Waals surface area contributed by atoms with E-state index in [1.54, 1.807) is 36.7 Å². The molecular formula is C15H12FN5O4S. The van der Waals surface area contributed by atoms with E-state index in [9.17, 15) is 17.6 Å². The first-order valence-corrected chi connectivity index (χ1v) is 8.99. The van der Waals surface area contributed by atoms with Crippen molar-refractivity contribution in [2.24, 2.45) is 0 Å². The summed E-state index contributed by atoms with van der Waals surface area (Å²) in [6.45, 7) is 0. The number of hydrogen-bond acceptors (Lipinski definition) is 6. The van der Waals surface area contributed by atoms with Gasteiger partial charge in [0.25, 0.3) is 10.1 Å². The molecule has 0 bridgehead atoms. The van der Waals surface area contributed by atoms with E-state index in [0.717, 1.165) is 4.52 Å². The van der Waals surface area contributed by atoms with Gasteiger partial charge in [-0.1, -0.05) is 12.1 Å². The van der Waals surface area contributed by atoms with Gasteiger partial charge in [-0.25, -0.2) is 14.2 Å². The van der Waals surface area contributed by atoms with Crippen LogP contribution in [0.1, 0.15) is 0 Å². The normalized spacial score (nSPS) is 11.3. The molecular weight excluding hydrogens is 365 g/mol. The molecule has 1 aromatic carbocycles. The van der Waals surface area contributed by atoms with Crippen molar-refractivity contribution in [3.63, 3.8) is 0 Å². The van der Waals surface area contributed by atoms with Crippen LogP contribution in [0, 0.1) is 5.82 Å². The van der Waals surface area contributed by atoms with E-state index in [4.69, 9.17) is 4.55 Å². The topological polar surface area (TPSA) is 130 Å². The van der Waals surface area contributed by atoms with Crippen molar-refractivity contribution < 1.29 is 17.4 Å². The Morgan fingerprint density at radius 3 is 2.62 bits per heavy atom. The van der Waals surface area contributed by atoms with Gasteiger partial charge in [-0.2, -0.15) is 12.9 Å². The standard InChI is InChI=1S/C14H8FN5O.CH4O3S/c15-10-4-2-1-3-8(10)12-18-13-9-7-16-6-5-11(9)17-14(21)20(13)19-12;1-5(2,3)4/h1-7H,(H,17,21);1H3,(H,2,3,4). The number of hydrogen-bond donors (Lipinski definition) is 2. The first kappa shape index (κ1) is 17.6. The third-order valence-electron chi connectivity index (χ3n) is 3.22. The molecule has 26 heavy (non-hydrogen) atoms. The van der Waals surface area contributed by atoms with E-state index in [-0.39, 0.29) is 11.4 Å². The Balaban J connectivity index is 0.000000349. The van der Waals surface area contributed by atoms with Crippen molar-refractivity contribution in [2.45, 2.75) is 0 Å². The van der Waals surface area contributed by atoms with E-state index < -0.39 is 21.6 Å². The highest BCUT2D eigenvalue weighted by molar-refractivity contribution is 7.85. The largest absolute Gasteiger partial charge is 0.348 e. The molecule has 4 aromatic rings. The maximum atomic E-state index is 13.8. The fourth-order valence-electron chi connectivity index (χ4n) is 2.23. The molecule has 11 heteroatoms. The van der Waals surface area contributed by atoms with Gasteiger partial charge in [0.2, 0.25) is 0 Å². The van der Waals surface area contributed by atoms with E-state index in [1.165, 1.54) is 6.07 Å². The number of nitrogens with zero attached hydrogens (tertiary/aromatic N) is 4. The van der Waals surface area contributed by atoms with Gasteiger partial charge >= 0.3 is 5.69 Å². The molecule has 0 radical (unpaired) electrons. The van der Waals surface area contributed by atoms with Crippen molar-refractivity contribution in [3.05, 3.63) is 59.0 Å². The Hall–Kier alpha value is -3.18. The van der Waals surface area contributed by atoms with Gasteiger partial charge in [-0.15, -0.1) is 5.10 Å². The van der Waals surface area contributed by atoms with Crippen molar-refractivity contribution in [1.29, 1.82) is 0 Å². The molecule has 0 aliphatic heterocycles. The molecule has 2 N–H and O–H groups in total. The predicted octanol–water partition coefficient (Wildman–Crippen LogP) is 1.28. The lowest BCUT2D eigenvalue weighted by atomic mass is 10.2. The molecule has 9 nitrogen and oxygen atoms in total. The number of halogens is 1. The summed E-state index contributed by atoms with van der Waals surface area (Å²) in [6, 6.07) is 7.84. The molecule has 0 fully saturated rings. The fraction of sp³-hybridized carbons (Fsp3) is 0.0667. The monoisotopic (exact) mass is 377 g/mol. The van der Waals surface area contributed by atoms with Gasteiger partial charge in [0.05, 0.1) is 22.7 Å². The average Bonchev–Trinajstić information content (AvgIpc) is 3.00. The van der Waals surface area contributed by atoms with Crippen LogP contribution in [0.2, 0.25) is 0 Å². The van der Waals surface area contributed by atoms with Gasteiger partial charge in [-0.3, -0.25) is 9.54 Å². The van der Waals surface area contributed by atoms with E-state index in [0.29, 0.717) is 22.8 Å². The summed E-state index contributed by atoms with van der Waals surface area (Å²) in [5, 5.41) is 4.73. The van der Waals surface area contributed by atoms with Crippen LogP contribution in [-0.4, -0.2) is 43.8 Å². The molecule has 0 saturated carbocycles. The number of aromatic nitrogens is 5. The lowest BCUT2D eigenvalue weighted by molar-refractivity contribution is 0.490. The van der Waals surface area contributed by atoms with Crippen molar-refractivity contribution in [2.75, 3.05) is 6.26 Å². The number of rotatable bonds is 1.